The summed E-state index contributed by atoms with van der Waals surface area (Å²) < 4.78 is 22.5. The Morgan fingerprint density at radius 1 is 1.05 bits per heavy atom. The number of carbonyl (C=O) groups excluding carboxylic acids is 2. The zero-order valence-electron chi connectivity index (χ0n) is 24.8. The lowest BCUT2D eigenvalue weighted by atomic mass is 9.99. The zero-order chi connectivity index (χ0) is 30.5. The molecule has 11 nitrogen and oxygen atoms in total. The molecule has 0 fully saturated rings. The summed E-state index contributed by atoms with van der Waals surface area (Å²) in [6.07, 6.45) is -0.239. The highest BCUT2D eigenvalue weighted by Crippen LogP contribution is 2.34. The predicted octanol–water partition coefficient (Wildman–Crippen LogP) is 4.42. The first-order valence-electron chi connectivity index (χ1n) is 14.3. The molecule has 2 aliphatic heterocycles. The second-order valence-corrected chi connectivity index (χ2v) is 11.0. The quantitative estimate of drug-likeness (QED) is 0.335. The number of aliphatic hydroxyl groups is 1. The maximum atomic E-state index is 13.8. The summed E-state index contributed by atoms with van der Waals surface area (Å²) in [4.78, 5) is 30.4. The molecular weight excluding hydrogens is 552 g/mol. The summed E-state index contributed by atoms with van der Waals surface area (Å²) in [5, 5.41) is 15.5. The van der Waals surface area contributed by atoms with E-state index in [9.17, 15) is 14.7 Å². The molecule has 3 N–H and O–H groups in total. The maximum Gasteiger partial charge on any atom is 0.323 e. The number of rotatable bonds is 9. The Hall–Kier alpha value is -4.48. The van der Waals surface area contributed by atoms with Crippen molar-refractivity contribution in [3.63, 3.8) is 0 Å². The van der Waals surface area contributed by atoms with Gasteiger partial charge in [-0.15, -0.1) is 0 Å². The Balaban J connectivity index is 1.33. The molecular formula is C32H38N4O7. The molecule has 11 heteroatoms. The third kappa shape index (κ3) is 7.12. The van der Waals surface area contributed by atoms with Gasteiger partial charge in [-0.2, -0.15) is 0 Å². The molecule has 2 aliphatic rings. The summed E-state index contributed by atoms with van der Waals surface area (Å²) in [6, 6.07) is 17.2. The molecule has 43 heavy (non-hydrogen) atoms. The standard InChI is InChI=1S/C32H38N4O7/c1-20-15-36(21(2)18-37)31(38)26-13-23(33-32(39)34-24-8-12-28-29(14-24)42-19-41-28)7-11-27(26)43-30(20)17-35(3)16-22-5-9-25(40-4)10-6-22/h5-14,20-21,30,37H,15-19H2,1-4H3,(H2,33,34,39)/t20-,21+,30+/m0/s1. The van der Waals surface area contributed by atoms with E-state index in [2.05, 4.69) is 22.5 Å². The fourth-order valence-electron chi connectivity index (χ4n) is 5.20. The smallest absolute Gasteiger partial charge is 0.323 e. The maximum absolute atomic E-state index is 13.8. The van der Waals surface area contributed by atoms with Gasteiger partial charge in [0.05, 0.1) is 25.3 Å². The molecule has 0 saturated carbocycles. The van der Waals surface area contributed by atoms with E-state index in [0.29, 0.717) is 53.8 Å². The van der Waals surface area contributed by atoms with Crippen molar-refractivity contribution < 1.29 is 33.6 Å². The van der Waals surface area contributed by atoms with Gasteiger partial charge in [-0.3, -0.25) is 9.69 Å². The number of hydrogen-bond donors (Lipinski definition) is 3. The van der Waals surface area contributed by atoms with Gasteiger partial charge in [0.2, 0.25) is 6.79 Å². The SMILES string of the molecule is COc1ccc(CN(C)C[C@H]2Oc3ccc(NC(=O)Nc4ccc5c(c4)OCO5)cc3C(=O)N([C@H](C)CO)C[C@@H]2C)cc1. The summed E-state index contributed by atoms with van der Waals surface area (Å²) in [6.45, 7) is 5.56. The predicted molar refractivity (Wildman–Crippen MR) is 162 cm³/mol. The van der Waals surface area contributed by atoms with Crippen LogP contribution in [0.3, 0.4) is 0 Å². The highest BCUT2D eigenvalue weighted by molar-refractivity contribution is 6.02. The van der Waals surface area contributed by atoms with Crippen molar-refractivity contribution in [1.82, 2.24) is 9.80 Å². The van der Waals surface area contributed by atoms with Gasteiger partial charge in [-0.05, 0) is 62.0 Å². The van der Waals surface area contributed by atoms with E-state index in [1.54, 1.807) is 48.4 Å². The summed E-state index contributed by atoms with van der Waals surface area (Å²) in [5.74, 6) is 2.12. The van der Waals surface area contributed by atoms with Crippen LogP contribution >= 0.6 is 0 Å². The number of urea groups is 1. The summed E-state index contributed by atoms with van der Waals surface area (Å²) in [5.41, 5.74) is 2.41. The molecule has 0 saturated heterocycles. The molecule has 3 atom stereocenters. The highest BCUT2D eigenvalue weighted by Gasteiger charge is 2.33. The number of hydrogen-bond acceptors (Lipinski definition) is 8. The largest absolute Gasteiger partial charge is 0.497 e. The molecule has 3 aromatic carbocycles. The number of aliphatic hydroxyl groups excluding tert-OH is 1. The number of fused-ring (bicyclic) bond motifs is 2. The van der Waals surface area contributed by atoms with Crippen LogP contribution in [0.5, 0.6) is 23.0 Å². The number of methoxy groups -OCH3 is 1. The molecule has 5 rings (SSSR count). The van der Waals surface area contributed by atoms with Crippen LogP contribution in [0.2, 0.25) is 0 Å². The lowest BCUT2D eigenvalue weighted by molar-refractivity contribution is 0.0341. The number of benzene rings is 3. The lowest BCUT2D eigenvalue weighted by Crippen LogP contribution is -2.49. The first kappa shape index (κ1) is 30.0. The lowest BCUT2D eigenvalue weighted by Gasteiger charge is -2.38. The molecule has 0 aliphatic carbocycles. The molecule has 0 unspecified atom stereocenters. The van der Waals surface area contributed by atoms with Crippen LogP contribution in [0.25, 0.3) is 0 Å². The third-order valence-electron chi connectivity index (χ3n) is 7.66. The van der Waals surface area contributed by atoms with Crippen molar-refractivity contribution in [1.29, 1.82) is 0 Å². The average molecular weight is 591 g/mol. The van der Waals surface area contributed by atoms with Gasteiger partial charge in [0, 0.05) is 43.0 Å². The monoisotopic (exact) mass is 590 g/mol. The molecule has 0 aromatic heterocycles. The van der Waals surface area contributed by atoms with E-state index in [0.717, 1.165) is 11.3 Å². The molecule has 3 amide bonds. The van der Waals surface area contributed by atoms with Crippen LogP contribution in [0, 0.1) is 5.92 Å². The molecule has 0 spiro atoms. The zero-order valence-corrected chi connectivity index (χ0v) is 24.8. The average Bonchev–Trinajstić information content (AvgIpc) is 3.47. The van der Waals surface area contributed by atoms with Crippen LogP contribution < -0.4 is 29.6 Å². The Labute approximate surface area is 251 Å². The number of anilines is 2. The third-order valence-corrected chi connectivity index (χ3v) is 7.66. The van der Waals surface area contributed by atoms with Gasteiger partial charge in [0.1, 0.15) is 17.6 Å². The fourth-order valence-corrected chi connectivity index (χ4v) is 5.20. The minimum Gasteiger partial charge on any atom is -0.497 e. The Morgan fingerprint density at radius 3 is 2.42 bits per heavy atom. The van der Waals surface area contributed by atoms with Crippen molar-refractivity contribution >= 4 is 23.3 Å². The van der Waals surface area contributed by atoms with Crippen LogP contribution in [0.1, 0.15) is 29.8 Å². The van der Waals surface area contributed by atoms with Gasteiger partial charge >= 0.3 is 6.03 Å². The van der Waals surface area contributed by atoms with E-state index in [1.807, 2.05) is 38.2 Å². The van der Waals surface area contributed by atoms with Gasteiger partial charge in [0.25, 0.3) is 5.91 Å². The van der Waals surface area contributed by atoms with Gasteiger partial charge in [-0.25, -0.2) is 4.79 Å². The van der Waals surface area contributed by atoms with E-state index in [-0.39, 0.29) is 31.3 Å². The molecule has 3 aromatic rings. The molecule has 2 heterocycles. The number of amides is 3. The van der Waals surface area contributed by atoms with E-state index in [1.165, 1.54) is 0 Å². The first-order valence-corrected chi connectivity index (χ1v) is 14.3. The normalized spacial score (nSPS) is 18.3. The summed E-state index contributed by atoms with van der Waals surface area (Å²) >= 11 is 0. The van der Waals surface area contributed by atoms with Crippen molar-refractivity contribution in [3.05, 3.63) is 71.8 Å². The first-order chi connectivity index (χ1) is 20.7. The number of nitrogens with zero attached hydrogens (tertiary/aromatic N) is 2. The van der Waals surface area contributed by atoms with Gasteiger partial charge in [-0.1, -0.05) is 19.1 Å². The minimum atomic E-state index is -0.481. The van der Waals surface area contributed by atoms with Crippen molar-refractivity contribution in [2.24, 2.45) is 5.92 Å². The van der Waals surface area contributed by atoms with Gasteiger partial charge < -0.3 is 39.6 Å². The van der Waals surface area contributed by atoms with Gasteiger partial charge in [0.15, 0.2) is 11.5 Å². The topological polar surface area (TPSA) is 122 Å². The number of likely N-dealkylation sites (N-methyl/N-ethyl adjacent to an activating group) is 1. The molecule has 228 valence electrons. The second kappa shape index (κ2) is 13.2. The van der Waals surface area contributed by atoms with Crippen molar-refractivity contribution in [2.75, 3.05) is 51.3 Å². The number of nitrogens with one attached hydrogen (secondary N) is 2. The fraction of sp³-hybridized carbons (Fsp3) is 0.375. The van der Waals surface area contributed by atoms with Crippen molar-refractivity contribution in [2.45, 2.75) is 32.5 Å². The number of carbonyl (C=O) groups is 2. The second-order valence-electron chi connectivity index (χ2n) is 11.0. The van der Waals surface area contributed by atoms with Crippen LogP contribution in [-0.2, 0) is 6.54 Å². The highest BCUT2D eigenvalue weighted by atomic mass is 16.7. The molecule has 0 radical (unpaired) electrons. The summed E-state index contributed by atoms with van der Waals surface area (Å²) in [7, 11) is 3.68. The number of ether oxygens (including phenoxy) is 4. The van der Waals surface area contributed by atoms with E-state index < -0.39 is 12.1 Å². The van der Waals surface area contributed by atoms with Crippen LogP contribution in [0.4, 0.5) is 16.2 Å². The van der Waals surface area contributed by atoms with Crippen molar-refractivity contribution in [3.8, 4) is 23.0 Å². The van der Waals surface area contributed by atoms with Crippen LogP contribution in [-0.4, -0.2) is 79.6 Å². The molecule has 0 bridgehead atoms. The van der Waals surface area contributed by atoms with E-state index >= 15 is 0 Å². The Morgan fingerprint density at radius 2 is 1.72 bits per heavy atom. The van der Waals surface area contributed by atoms with Crippen LogP contribution in [0.15, 0.2) is 60.7 Å². The van der Waals surface area contributed by atoms with E-state index in [4.69, 9.17) is 18.9 Å². The Kier molecular flexibility index (Phi) is 9.22. The minimum absolute atomic E-state index is 0.0188. The Bertz CT molecular complexity index is 1450.